The molecule has 1 aromatic heterocycles. The van der Waals surface area contributed by atoms with Gasteiger partial charge in [-0.25, -0.2) is 9.59 Å². The van der Waals surface area contributed by atoms with Crippen molar-refractivity contribution >= 4 is 28.5 Å². The zero-order chi connectivity index (χ0) is 17.8. The fraction of sp³-hybridized carbons (Fsp3) is 0.105. The Morgan fingerprint density at radius 3 is 2.56 bits per heavy atom. The minimum atomic E-state index is -0.557. The van der Waals surface area contributed by atoms with Gasteiger partial charge in [0, 0.05) is 35.7 Å². The van der Waals surface area contributed by atoms with Gasteiger partial charge in [-0.2, -0.15) is 0 Å². The number of benzene rings is 2. The third kappa shape index (κ3) is 3.92. The van der Waals surface area contributed by atoms with E-state index in [1.54, 1.807) is 48.5 Å². The molecule has 0 radical (unpaired) electrons. The zero-order valence-electron chi connectivity index (χ0n) is 13.4. The van der Waals surface area contributed by atoms with Crippen LogP contribution in [0, 0.1) is 0 Å². The number of esters is 1. The fourth-order valence-electron chi connectivity index (χ4n) is 2.43. The molecule has 25 heavy (non-hydrogen) atoms. The third-order valence-electron chi connectivity index (χ3n) is 3.52. The smallest absolute Gasteiger partial charge is 0.338 e. The van der Waals surface area contributed by atoms with Crippen molar-refractivity contribution in [2.75, 3.05) is 5.32 Å². The maximum atomic E-state index is 12.0. The third-order valence-corrected chi connectivity index (χ3v) is 3.52. The van der Waals surface area contributed by atoms with Crippen molar-refractivity contribution in [1.29, 1.82) is 0 Å². The normalized spacial score (nSPS) is 10.4. The number of carbonyl (C=O) groups excluding carboxylic acids is 2. The second-order valence-electron chi connectivity index (χ2n) is 5.42. The highest BCUT2D eigenvalue weighted by Gasteiger charge is 2.11. The van der Waals surface area contributed by atoms with E-state index < -0.39 is 11.6 Å². The van der Waals surface area contributed by atoms with Gasteiger partial charge in [0.1, 0.15) is 12.2 Å². The largest absolute Gasteiger partial charge is 0.457 e. The fourth-order valence-corrected chi connectivity index (χ4v) is 2.43. The molecule has 1 heterocycles. The highest BCUT2D eigenvalue weighted by molar-refractivity contribution is 5.92. The summed E-state index contributed by atoms with van der Waals surface area (Å²) in [5.74, 6) is -0.702. The van der Waals surface area contributed by atoms with Crippen LogP contribution < -0.4 is 10.9 Å². The molecule has 0 aliphatic heterocycles. The summed E-state index contributed by atoms with van der Waals surface area (Å²) in [7, 11) is 0. The van der Waals surface area contributed by atoms with Crippen molar-refractivity contribution in [2.45, 2.75) is 13.5 Å². The molecule has 6 nitrogen and oxygen atoms in total. The van der Waals surface area contributed by atoms with Crippen LogP contribution >= 0.6 is 0 Å². The van der Waals surface area contributed by atoms with E-state index in [2.05, 4.69) is 5.32 Å². The van der Waals surface area contributed by atoms with Gasteiger partial charge in [0.2, 0.25) is 5.91 Å². The average Bonchev–Trinajstić information content (AvgIpc) is 2.59. The lowest BCUT2D eigenvalue weighted by atomic mass is 10.1. The Balaban J connectivity index is 1.87. The predicted molar refractivity (Wildman–Crippen MR) is 92.3 cm³/mol. The first-order valence-electron chi connectivity index (χ1n) is 7.59. The summed E-state index contributed by atoms with van der Waals surface area (Å²) in [5.41, 5.74) is 1.23. The average molecular weight is 337 g/mol. The highest BCUT2D eigenvalue weighted by atomic mass is 16.5. The summed E-state index contributed by atoms with van der Waals surface area (Å²) in [6, 6.07) is 14.8. The molecule has 1 N–H and O–H groups in total. The van der Waals surface area contributed by atoms with Crippen LogP contribution in [0.2, 0.25) is 0 Å². The molecule has 126 valence electrons. The molecule has 0 saturated heterocycles. The number of amides is 1. The van der Waals surface area contributed by atoms with Gasteiger partial charge in [-0.05, 0) is 24.3 Å². The summed E-state index contributed by atoms with van der Waals surface area (Å²) in [6.45, 7) is 1.33. The van der Waals surface area contributed by atoms with E-state index in [-0.39, 0.29) is 12.5 Å². The van der Waals surface area contributed by atoms with E-state index >= 15 is 0 Å². The maximum Gasteiger partial charge on any atom is 0.338 e. The van der Waals surface area contributed by atoms with Crippen LogP contribution in [0.15, 0.2) is 63.8 Å². The highest BCUT2D eigenvalue weighted by Crippen LogP contribution is 2.22. The van der Waals surface area contributed by atoms with Gasteiger partial charge in [0.05, 0.1) is 5.56 Å². The van der Waals surface area contributed by atoms with Crippen LogP contribution in [-0.4, -0.2) is 11.9 Å². The molecule has 3 aromatic rings. The lowest BCUT2D eigenvalue weighted by Gasteiger charge is -2.08. The van der Waals surface area contributed by atoms with Crippen LogP contribution in [0.25, 0.3) is 11.0 Å². The first-order valence-corrected chi connectivity index (χ1v) is 7.59. The molecule has 0 aliphatic rings. The molecule has 0 bridgehead atoms. The van der Waals surface area contributed by atoms with Crippen molar-refractivity contribution in [3.8, 4) is 0 Å². The summed E-state index contributed by atoms with van der Waals surface area (Å²) < 4.78 is 10.5. The number of rotatable bonds is 4. The number of fused-ring (bicyclic) bond motifs is 1. The molecule has 1 amide bonds. The van der Waals surface area contributed by atoms with Crippen LogP contribution in [0.4, 0.5) is 5.69 Å². The Morgan fingerprint density at radius 2 is 1.84 bits per heavy atom. The van der Waals surface area contributed by atoms with E-state index in [0.717, 1.165) is 0 Å². The molecule has 0 fully saturated rings. The number of nitrogens with one attached hydrogen (secondary N) is 1. The summed E-state index contributed by atoms with van der Waals surface area (Å²) >= 11 is 0. The van der Waals surface area contributed by atoms with Gasteiger partial charge in [-0.3, -0.25) is 4.79 Å². The van der Waals surface area contributed by atoms with Crippen molar-refractivity contribution in [3.05, 3.63) is 76.1 Å². The van der Waals surface area contributed by atoms with Crippen molar-refractivity contribution < 1.29 is 18.7 Å². The standard InChI is InChI=1S/C19H15NO5/c1-12(21)20-15-7-8-16-14(9-18(22)25-17(16)10-15)11-24-19(23)13-5-3-2-4-6-13/h2-10H,11H2,1H3,(H,20,21). The molecule has 0 saturated carbocycles. The van der Waals surface area contributed by atoms with E-state index in [1.807, 2.05) is 0 Å². The first-order chi connectivity index (χ1) is 12.0. The molecule has 0 aliphatic carbocycles. The molecular formula is C19H15NO5. The van der Waals surface area contributed by atoms with E-state index in [0.29, 0.717) is 27.8 Å². The number of anilines is 1. The van der Waals surface area contributed by atoms with Gasteiger partial charge < -0.3 is 14.5 Å². The summed E-state index contributed by atoms with van der Waals surface area (Å²) in [6.07, 6.45) is 0. The molecular weight excluding hydrogens is 322 g/mol. The van der Waals surface area contributed by atoms with Crippen LogP contribution in [0.5, 0.6) is 0 Å². The van der Waals surface area contributed by atoms with Gasteiger partial charge in [0.15, 0.2) is 0 Å². The Kier molecular flexibility index (Phi) is 4.61. The maximum absolute atomic E-state index is 12.0. The molecule has 0 atom stereocenters. The lowest BCUT2D eigenvalue weighted by Crippen LogP contribution is -2.08. The van der Waals surface area contributed by atoms with Crippen molar-refractivity contribution in [1.82, 2.24) is 0 Å². The summed E-state index contributed by atoms with van der Waals surface area (Å²) in [4.78, 5) is 34.9. The van der Waals surface area contributed by atoms with E-state index in [4.69, 9.17) is 9.15 Å². The quantitative estimate of drug-likeness (QED) is 0.584. The Morgan fingerprint density at radius 1 is 1.08 bits per heavy atom. The molecule has 0 spiro atoms. The summed E-state index contributed by atoms with van der Waals surface area (Å²) in [5, 5.41) is 3.26. The molecule has 2 aromatic carbocycles. The lowest BCUT2D eigenvalue weighted by molar-refractivity contribution is -0.114. The van der Waals surface area contributed by atoms with E-state index in [1.165, 1.54) is 13.0 Å². The Labute approximate surface area is 143 Å². The molecule has 3 rings (SSSR count). The molecule has 6 heteroatoms. The monoisotopic (exact) mass is 337 g/mol. The number of hydrogen-bond acceptors (Lipinski definition) is 5. The topological polar surface area (TPSA) is 85.6 Å². The van der Waals surface area contributed by atoms with Gasteiger partial charge >= 0.3 is 11.6 Å². The number of carbonyl (C=O) groups is 2. The van der Waals surface area contributed by atoms with Gasteiger partial charge in [0.25, 0.3) is 0 Å². The van der Waals surface area contributed by atoms with Gasteiger partial charge in [-0.15, -0.1) is 0 Å². The SMILES string of the molecule is CC(=O)Nc1ccc2c(COC(=O)c3ccccc3)cc(=O)oc2c1. The minimum Gasteiger partial charge on any atom is -0.457 e. The number of ether oxygens (including phenoxy) is 1. The van der Waals surface area contributed by atoms with Crippen LogP contribution in [0.1, 0.15) is 22.8 Å². The molecule has 0 unspecified atom stereocenters. The Hall–Kier alpha value is -3.41. The van der Waals surface area contributed by atoms with Gasteiger partial charge in [-0.1, -0.05) is 18.2 Å². The van der Waals surface area contributed by atoms with Crippen molar-refractivity contribution in [2.24, 2.45) is 0 Å². The second-order valence-corrected chi connectivity index (χ2v) is 5.42. The predicted octanol–water partition coefficient (Wildman–Crippen LogP) is 3.11. The first kappa shape index (κ1) is 16.4. The minimum absolute atomic E-state index is 0.0602. The van der Waals surface area contributed by atoms with Crippen LogP contribution in [0.3, 0.4) is 0 Å². The number of hydrogen-bond donors (Lipinski definition) is 1. The van der Waals surface area contributed by atoms with E-state index in [9.17, 15) is 14.4 Å². The van der Waals surface area contributed by atoms with Crippen LogP contribution in [-0.2, 0) is 16.1 Å². The zero-order valence-corrected chi connectivity index (χ0v) is 13.4. The Bertz CT molecular complexity index is 992. The van der Waals surface area contributed by atoms with Crippen molar-refractivity contribution in [3.63, 3.8) is 0 Å². The second kappa shape index (κ2) is 7.00.